The van der Waals surface area contributed by atoms with Crippen molar-refractivity contribution >= 4 is 0 Å². The van der Waals surface area contributed by atoms with Crippen molar-refractivity contribution in [2.24, 2.45) is 11.8 Å². The molecule has 4 unspecified atom stereocenters. The van der Waals surface area contributed by atoms with E-state index in [1.54, 1.807) is 0 Å². The molecule has 3 nitrogen and oxygen atoms in total. The molecule has 14 heavy (non-hydrogen) atoms. The largest absolute Gasteiger partial charge is 0.394 e. The highest BCUT2D eigenvalue weighted by Gasteiger charge is 2.24. The Morgan fingerprint density at radius 2 is 2.00 bits per heavy atom. The van der Waals surface area contributed by atoms with E-state index in [0.29, 0.717) is 12.6 Å². The van der Waals surface area contributed by atoms with Gasteiger partial charge in [0.05, 0.1) is 12.7 Å². The molecule has 1 rings (SSSR count). The van der Waals surface area contributed by atoms with E-state index in [-0.39, 0.29) is 6.61 Å². The van der Waals surface area contributed by atoms with Crippen LogP contribution in [0.3, 0.4) is 0 Å². The average Bonchev–Trinajstić information content (AvgIpc) is 2.19. The van der Waals surface area contributed by atoms with Gasteiger partial charge in [-0.25, -0.2) is 0 Å². The highest BCUT2D eigenvalue weighted by Crippen LogP contribution is 2.29. The second-order valence-electron chi connectivity index (χ2n) is 4.71. The van der Waals surface area contributed by atoms with Gasteiger partial charge < -0.3 is 15.5 Å². The summed E-state index contributed by atoms with van der Waals surface area (Å²) < 4.78 is 0. The summed E-state index contributed by atoms with van der Waals surface area (Å²) in [5, 5.41) is 21.2. The van der Waals surface area contributed by atoms with Crippen LogP contribution in [0.1, 0.15) is 33.1 Å². The molecule has 1 fully saturated rings. The van der Waals surface area contributed by atoms with Crippen LogP contribution in [0.15, 0.2) is 0 Å². The van der Waals surface area contributed by atoms with E-state index in [1.165, 1.54) is 19.3 Å². The molecule has 0 spiro atoms. The summed E-state index contributed by atoms with van der Waals surface area (Å²) in [6, 6.07) is 0.530. The first-order valence-corrected chi connectivity index (χ1v) is 5.65. The van der Waals surface area contributed by atoms with Gasteiger partial charge in [-0.1, -0.05) is 13.8 Å². The molecule has 0 radical (unpaired) electrons. The molecule has 84 valence electrons. The molecular weight excluding hydrogens is 178 g/mol. The molecule has 0 amide bonds. The molecule has 0 aromatic heterocycles. The topological polar surface area (TPSA) is 52.5 Å². The van der Waals surface area contributed by atoms with Gasteiger partial charge in [0.1, 0.15) is 0 Å². The molecule has 1 saturated carbocycles. The second-order valence-corrected chi connectivity index (χ2v) is 4.71. The molecule has 0 heterocycles. The van der Waals surface area contributed by atoms with Gasteiger partial charge in [-0.3, -0.25) is 0 Å². The summed E-state index contributed by atoms with van der Waals surface area (Å²) in [5.41, 5.74) is 0. The number of rotatable bonds is 4. The number of hydrogen-bond donors (Lipinski definition) is 3. The fourth-order valence-corrected chi connectivity index (χ4v) is 2.10. The van der Waals surface area contributed by atoms with Gasteiger partial charge >= 0.3 is 0 Å². The van der Waals surface area contributed by atoms with Gasteiger partial charge in [0.25, 0.3) is 0 Å². The highest BCUT2D eigenvalue weighted by atomic mass is 16.3. The summed E-state index contributed by atoms with van der Waals surface area (Å²) in [4.78, 5) is 0. The molecule has 0 saturated heterocycles. The van der Waals surface area contributed by atoms with Crippen molar-refractivity contribution in [3.8, 4) is 0 Å². The fourth-order valence-electron chi connectivity index (χ4n) is 2.10. The predicted molar refractivity (Wildman–Crippen MR) is 57.1 cm³/mol. The first-order chi connectivity index (χ1) is 6.63. The van der Waals surface area contributed by atoms with Crippen LogP contribution in [0, 0.1) is 11.8 Å². The fraction of sp³-hybridized carbons (Fsp3) is 1.00. The first-order valence-electron chi connectivity index (χ1n) is 5.65. The molecule has 1 aliphatic rings. The Bertz CT molecular complexity index is 163. The molecule has 3 heteroatoms. The third-order valence-electron chi connectivity index (χ3n) is 3.45. The minimum Gasteiger partial charge on any atom is -0.394 e. The summed E-state index contributed by atoms with van der Waals surface area (Å²) in [6.07, 6.45) is 3.06. The van der Waals surface area contributed by atoms with Gasteiger partial charge in [0, 0.05) is 12.6 Å². The lowest BCUT2D eigenvalue weighted by Gasteiger charge is -2.33. The van der Waals surface area contributed by atoms with Crippen molar-refractivity contribution in [1.29, 1.82) is 0 Å². The zero-order valence-corrected chi connectivity index (χ0v) is 9.24. The predicted octanol–water partition coefficient (Wildman–Crippen LogP) is 0.754. The van der Waals surface area contributed by atoms with Crippen molar-refractivity contribution in [3.63, 3.8) is 0 Å². The summed E-state index contributed by atoms with van der Waals surface area (Å²) >= 11 is 0. The summed E-state index contributed by atoms with van der Waals surface area (Å²) in [5.74, 6) is 1.60. The van der Waals surface area contributed by atoms with Gasteiger partial charge in [0.2, 0.25) is 0 Å². The Morgan fingerprint density at radius 1 is 1.29 bits per heavy atom. The van der Waals surface area contributed by atoms with Crippen LogP contribution in [0.2, 0.25) is 0 Å². The van der Waals surface area contributed by atoms with E-state index in [2.05, 4.69) is 19.2 Å². The van der Waals surface area contributed by atoms with Crippen LogP contribution in [-0.4, -0.2) is 35.5 Å². The van der Waals surface area contributed by atoms with Crippen LogP contribution in [0.4, 0.5) is 0 Å². The zero-order chi connectivity index (χ0) is 10.6. The van der Waals surface area contributed by atoms with E-state index >= 15 is 0 Å². The monoisotopic (exact) mass is 201 g/mol. The maximum atomic E-state index is 9.19. The van der Waals surface area contributed by atoms with Gasteiger partial charge in [-0.05, 0) is 31.1 Å². The number of aliphatic hydroxyl groups is 2. The molecule has 4 atom stereocenters. The van der Waals surface area contributed by atoms with Crippen molar-refractivity contribution in [2.75, 3.05) is 13.2 Å². The third-order valence-corrected chi connectivity index (χ3v) is 3.45. The Balaban J connectivity index is 2.20. The van der Waals surface area contributed by atoms with Crippen molar-refractivity contribution < 1.29 is 10.2 Å². The Hall–Kier alpha value is -0.120. The van der Waals surface area contributed by atoms with Crippen molar-refractivity contribution in [1.82, 2.24) is 5.32 Å². The molecule has 0 aromatic carbocycles. The highest BCUT2D eigenvalue weighted by molar-refractivity contribution is 4.80. The lowest BCUT2D eigenvalue weighted by Crippen LogP contribution is -2.40. The van der Waals surface area contributed by atoms with E-state index in [0.717, 1.165) is 11.8 Å². The van der Waals surface area contributed by atoms with E-state index in [4.69, 9.17) is 5.11 Å². The minimum absolute atomic E-state index is 0.147. The molecule has 3 N–H and O–H groups in total. The lowest BCUT2D eigenvalue weighted by atomic mass is 9.79. The minimum atomic E-state index is -0.607. The van der Waals surface area contributed by atoms with Crippen LogP contribution in [-0.2, 0) is 0 Å². The van der Waals surface area contributed by atoms with Crippen molar-refractivity contribution in [2.45, 2.75) is 45.3 Å². The molecular formula is C11H23NO2. The third kappa shape index (κ3) is 3.56. The Kier molecular flexibility index (Phi) is 4.85. The number of aliphatic hydroxyl groups excluding tert-OH is 2. The number of nitrogens with one attached hydrogen (secondary N) is 1. The van der Waals surface area contributed by atoms with Crippen LogP contribution in [0.25, 0.3) is 0 Å². The molecule has 0 bridgehead atoms. The van der Waals surface area contributed by atoms with E-state index in [1.807, 2.05) is 0 Å². The van der Waals surface area contributed by atoms with Gasteiger partial charge in [0.15, 0.2) is 0 Å². The smallest absolute Gasteiger partial charge is 0.0895 e. The molecule has 0 aromatic rings. The standard InChI is InChI=1S/C11H23NO2/c1-8-3-4-10(5-9(8)2)12-6-11(14)7-13/h8-14H,3-7H2,1-2H3. The average molecular weight is 201 g/mol. The van der Waals surface area contributed by atoms with Gasteiger partial charge in [-0.15, -0.1) is 0 Å². The SMILES string of the molecule is CC1CCC(NCC(O)CO)CC1C. The van der Waals surface area contributed by atoms with Crippen molar-refractivity contribution in [3.05, 3.63) is 0 Å². The normalized spacial score (nSPS) is 35.6. The summed E-state index contributed by atoms with van der Waals surface area (Å²) in [6.45, 7) is 4.97. The molecule has 1 aliphatic carbocycles. The Morgan fingerprint density at radius 3 is 2.57 bits per heavy atom. The summed E-state index contributed by atoms with van der Waals surface area (Å²) in [7, 11) is 0. The van der Waals surface area contributed by atoms with Crippen LogP contribution in [0.5, 0.6) is 0 Å². The van der Waals surface area contributed by atoms with Crippen LogP contribution >= 0.6 is 0 Å². The van der Waals surface area contributed by atoms with Gasteiger partial charge in [-0.2, -0.15) is 0 Å². The Labute approximate surface area is 86.5 Å². The quantitative estimate of drug-likeness (QED) is 0.629. The second kappa shape index (κ2) is 5.69. The molecule has 0 aliphatic heterocycles. The van der Waals surface area contributed by atoms with Crippen LogP contribution < -0.4 is 5.32 Å². The zero-order valence-electron chi connectivity index (χ0n) is 9.24. The lowest BCUT2D eigenvalue weighted by molar-refractivity contribution is 0.0876. The maximum Gasteiger partial charge on any atom is 0.0895 e. The maximum absolute atomic E-state index is 9.19. The number of hydrogen-bond acceptors (Lipinski definition) is 3. The first kappa shape index (κ1) is 12.0. The van der Waals surface area contributed by atoms with E-state index < -0.39 is 6.10 Å². The van der Waals surface area contributed by atoms with E-state index in [9.17, 15) is 5.11 Å².